The number of ether oxygens (including phenoxy) is 1. The highest BCUT2D eigenvalue weighted by Gasteiger charge is 2.13. The Kier molecular flexibility index (Phi) is 5.87. The number of phenolic OH excluding ortho intramolecular Hbond substituents is 1. The Morgan fingerprint density at radius 3 is 1.50 bits per heavy atom. The van der Waals surface area contributed by atoms with Crippen LogP contribution in [0.5, 0.6) is 17.2 Å². The van der Waals surface area contributed by atoms with Crippen molar-refractivity contribution in [3.63, 3.8) is 0 Å². The van der Waals surface area contributed by atoms with Gasteiger partial charge in [-0.3, -0.25) is 0 Å². The third-order valence-electron chi connectivity index (χ3n) is 5.59. The number of aromatic hydroxyl groups is 1. The van der Waals surface area contributed by atoms with Gasteiger partial charge in [0.1, 0.15) is 17.2 Å². The molecule has 0 amide bonds. The van der Waals surface area contributed by atoms with Crippen molar-refractivity contribution in [2.75, 3.05) is 0 Å². The molecule has 0 aliphatic rings. The lowest BCUT2D eigenvalue weighted by atomic mass is 9.86. The summed E-state index contributed by atoms with van der Waals surface area (Å²) in [5.41, 5.74) is 6.73. The molecule has 0 aliphatic carbocycles. The lowest BCUT2D eigenvalue weighted by Gasteiger charge is -2.19. The molecule has 0 spiro atoms. The van der Waals surface area contributed by atoms with Gasteiger partial charge in [0.2, 0.25) is 0 Å². The second-order valence-corrected chi connectivity index (χ2v) is 9.00. The summed E-state index contributed by atoms with van der Waals surface area (Å²) in [5, 5.41) is 9.46. The molecule has 0 heterocycles. The molecule has 0 atom stereocenters. The van der Waals surface area contributed by atoms with Crippen molar-refractivity contribution in [2.45, 2.75) is 26.2 Å². The molecule has 0 fully saturated rings. The van der Waals surface area contributed by atoms with E-state index in [1.165, 1.54) is 16.7 Å². The average molecular weight is 421 g/mol. The molecule has 1 N–H and O–H groups in total. The van der Waals surface area contributed by atoms with Crippen molar-refractivity contribution in [2.24, 2.45) is 0 Å². The van der Waals surface area contributed by atoms with E-state index >= 15 is 0 Å². The normalized spacial score (nSPS) is 11.2. The molecule has 4 aromatic carbocycles. The molecule has 0 radical (unpaired) electrons. The fourth-order valence-electron chi connectivity index (χ4n) is 3.57. The average Bonchev–Trinajstić information content (AvgIpc) is 2.80. The number of rotatable bonds is 5. The molecule has 0 unspecified atom stereocenters. The van der Waals surface area contributed by atoms with Crippen LogP contribution in [0.3, 0.4) is 0 Å². The molecule has 2 heteroatoms. The topological polar surface area (TPSA) is 29.5 Å². The predicted octanol–water partition coefficient (Wildman–Crippen LogP) is 8.21. The Bertz CT molecular complexity index is 1190. The molecule has 160 valence electrons. The summed E-state index contributed by atoms with van der Waals surface area (Å²) < 4.78 is 6.03. The van der Waals surface area contributed by atoms with Gasteiger partial charge in [0, 0.05) is 0 Å². The maximum Gasteiger partial charge on any atom is 0.127 e. The second-order valence-electron chi connectivity index (χ2n) is 9.00. The van der Waals surface area contributed by atoms with E-state index in [9.17, 15) is 5.11 Å². The number of phenols is 1. The maximum atomic E-state index is 9.46. The van der Waals surface area contributed by atoms with E-state index in [4.69, 9.17) is 4.74 Å². The van der Waals surface area contributed by atoms with E-state index in [-0.39, 0.29) is 11.2 Å². The number of hydrogen-bond donors (Lipinski definition) is 1. The Balaban J connectivity index is 1.43. The standard InChI is InChI=1S/C30H28O2/c1-21(22-7-15-27(31)16-8-22)23-9-17-28(18-10-23)32-29-19-11-25(12-20-29)24-5-13-26(14-6-24)30(2,3)4/h5-20,31H,1H2,2-4H3. The fraction of sp³-hybridized carbons (Fsp3) is 0.133. The molecular formula is C30H28O2. The summed E-state index contributed by atoms with van der Waals surface area (Å²) in [5.74, 6) is 1.82. The van der Waals surface area contributed by atoms with Crippen LogP contribution in [0.25, 0.3) is 16.7 Å². The Morgan fingerprint density at radius 1 is 0.625 bits per heavy atom. The van der Waals surface area contributed by atoms with Crippen LogP contribution in [0.2, 0.25) is 0 Å². The van der Waals surface area contributed by atoms with Gasteiger partial charge in [-0.05, 0) is 75.2 Å². The van der Waals surface area contributed by atoms with Crippen molar-refractivity contribution < 1.29 is 9.84 Å². The third-order valence-corrected chi connectivity index (χ3v) is 5.59. The highest BCUT2D eigenvalue weighted by molar-refractivity contribution is 5.78. The van der Waals surface area contributed by atoms with Gasteiger partial charge in [-0.1, -0.05) is 88.0 Å². The summed E-state index contributed by atoms with van der Waals surface area (Å²) in [7, 11) is 0. The maximum absolute atomic E-state index is 9.46. The van der Waals surface area contributed by atoms with Gasteiger partial charge < -0.3 is 9.84 Å². The summed E-state index contributed by atoms with van der Waals surface area (Å²) in [4.78, 5) is 0. The largest absolute Gasteiger partial charge is 0.508 e. The molecule has 0 saturated heterocycles. The van der Waals surface area contributed by atoms with Crippen LogP contribution >= 0.6 is 0 Å². The zero-order valence-corrected chi connectivity index (χ0v) is 18.8. The van der Waals surface area contributed by atoms with Gasteiger partial charge in [0.05, 0.1) is 0 Å². The first-order chi connectivity index (χ1) is 15.3. The van der Waals surface area contributed by atoms with E-state index in [1.807, 2.05) is 48.5 Å². The van der Waals surface area contributed by atoms with Gasteiger partial charge in [-0.15, -0.1) is 0 Å². The molecule has 32 heavy (non-hydrogen) atoms. The Labute approximate surface area is 190 Å². The van der Waals surface area contributed by atoms with Crippen LogP contribution in [0.15, 0.2) is 104 Å². The minimum Gasteiger partial charge on any atom is -0.508 e. The zero-order chi connectivity index (χ0) is 22.7. The Hall–Kier alpha value is -3.78. The third kappa shape index (κ3) is 4.92. The summed E-state index contributed by atoms with van der Waals surface area (Å²) in [6.07, 6.45) is 0. The van der Waals surface area contributed by atoms with Gasteiger partial charge in [-0.25, -0.2) is 0 Å². The van der Waals surface area contributed by atoms with Crippen LogP contribution in [0.4, 0.5) is 0 Å². The summed E-state index contributed by atoms with van der Waals surface area (Å²) >= 11 is 0. The molecule has 4 rings (SSSR count). The Morgan fingerprint density at radius 2 is 1.03 bits per heavy atom. The van der Waals surface area contributed by atoms with Crippen LogP contribution in [0.1, 0.15) is 37.5 Å². The summed E-state index contributed by atoms with van der Waals surface area (Å²) in [6.45, 7) is 10.9. The molecule has 0 aromatic heterocycles. The molecule has 4 aromatic rings. The first-order valence-corrected chi connectivity index (χ1v) is 10.8. The van der Waals surface area contributed by atoms with Crippen molar-refractivity contribution in [1.82, 2.24) is 0 Å². The van der Waals surface area contributed by atoms with Crippen molar-refractivity contribution in [1.29, 1.82) is 0 Å². The van der Waals surface area contributed by atoms with Crippen LogP contribution in [0, 0.1) is 0 Å². The first kappa shape index (κ1) is 21.5. The van der Waals surface area contributed by atoms with E-state index in [0.717, 1.165) is 28.2 Å². The number of hydrogen-bond acceptors (Lipinski definition) is 2. The van der Waals surface area contributed by atoms with Gasteiger partial charge >= 0.3 is 0 Å². The van der Waals surface area contributed by atoms with Crippen LogP contribution in [-0.2, 0) is 5.41 Å². The van der Waals surface area contributed by atoms with Crippen LogP contribution in [-0.4, -0.2) is 5.11 Å². The zero-order valence-electron chi connectivity index (χ0n) is 18.8. The molecule has 0 bridgehead atoms. The smallest absolute Gasteiger partial charge is 0.127 e. The highest BCUT2D eigenvalue weighted by Crippen LogP contribution is 2.30. The van der Waals surface area contributed by atoms with Crippen molar-refractivity contribution in [3.8, 4) is 28.4 Å². The lowest BCUT2D eigenvalue weighted by Crippen LogP contribution is -2.10. The van der Waals surface area contributed by atoms with Gasteiger partial charge in [0.15, 0.2) is 0 Å². The van der Waals surface area contributed by atoms with E-state index in [2.05, 4.69) is 63.7 Å². The lowest BCUT2D eigenvalue weighted by molar-refractivity contribution is 0.475. The molecular weight excluding hydrogens is 392 g/mol. The van der Waals surface area contributed by atoms with Crippen molar-refractivity contribution >= 4 is 5.57 Å². The highest BCUT2D eigenvalue weighted by atomic mass is 16.5. The first-order valence-electron chi connectivity index (χ1n) is 10.8. The second kappa shape index (κ2) is 8.76. The minimum atomic E-state index is 0.155. The molecule has 0 aliphatic heterocycles. The fourth-order valence-corrected chi connectivity index (χ4v) is 3.57. The monoisotopic (exact) mass is 420 g/mol. The number of benzene rings is 4. The van der Waals surface area contributed by atoms with Crippen LogP contribution < -0.4 is 4.74 Å². The SMILES string of the molecule is C=C(c1ccc(O)cc1)c1ccc(Oc2ccc(-c3ccc(C(C)(C)C)cc3)cc2)cc1. The van der Waals surface area contributed by atoms with Gasteiger partial charge in [0.25, 0.3) is 0 Å². The van der Waals surface area contributed by atoms with Gasteiger partial charge in [-0.2, -0.15) is 0 Å². The molecule has 2 nitrogen and oxygen atoms in total. The van der Waals surface area contributed by atoms with Crippen molar-refractivity contribution in [3.05, 3.63) is 120 Å². The predicted molar refractivity (Wildman–Crippen MR) is 133 cm³/mol. The summed E-state index contributed by atoms with van der Waals surface area (Å²) in [6, 6.07) is 31.9. The van der Waals surface area contributed by atoms with E-state index in [1.54, 1.807) is 12.1 Å². The minimum absolute atomic E-state index is 0.155. The quantitative estimate of drug-likeness (QED) is 0.352. The van der Waals surface area contributed by atoms with E-state index < -0.39 is 0 Å². The molecule has 0 saturated carbocycles. The van der Waals surface area contributed by atoms with E-state index in [0.29, 0.717) is 0 Å².